The van der Waals surface area contributed by atoms with Crippen molar-refractivity contribution in [2.24, 2.45) is 0 Å². The van der Waals surface area contributed by atoms with Crippen LogP contribution in [0.3, 0.4) is 0 Å². The lowest BCUT2D eigenvalue weighted by Crippen LogP contribution is -2.49. The lowest BCUT2D eigenvalue weighted by molar-refractivity contribution is -0.131. The molecule has 5 heterocycles. The van der Waals surface area contributed by atoms with Gasteiger partial charge in [0.05, 0.1) is 31.1 Å². The van der Waals surface area contributed by atoms with Crippen molar-refractivity contribution in [3.05, 3.63) is 58.9 Å². The number of carbonyl (C=O) groups excluding carboxylic acids is 2. The Bertz CT molecular complexity index is 1520. The van der Waals surface area contributed by atoms with E-state index in [-0.39, 0.29) is 24.2 Å². The molecule has 13 heteroatoms. The highest BCUT2D eigenvalue weighted by Crippen LogP contribution is 2.26. The van der Waals surface area contributed by atoms with Crippen LogP contribution in [0.5, 0.6) is 5.75 Å². The molecule has 13 nitrogen and oxygen atoms in total. The predicted octanol–water partition coefficient (Wildman–Crippen LogP) is 2.60. The van der Waals surface area contributed by atoms with Gasteiger partial charge in [0, 0.05) is 64.7 Å². The van der Waals surface area contributed by atoms with Gasteiger partial charge < -0.3 is 34.1 Å². The third-order valence-corrected chi connectivity index (χ3v) is 8.87. The first-order valence-electron chi connectivity index (χ1n) is 16.2. The van der Waals surface area contributed by atoms with Gasteiger partial charge in [-0.3, -0.25) is 14.5 Å². The number of oxazole rings is 1. The third-order valence-electron chi connectivity index (χ3n) is 8.87. The zero-order valence-corrected chi connectivity index (χ0v) is 26.6. The normalized spacial score (nSPS) is 17.7. The minimum atomic E-state index is -0.645. The maximum absolute atomic E-state index is 13.4. The van der Waals surface area contributed by atoms with Crippen molar-refractivity contribution in [2.45, 2.75) is 64.8 Å². The van der Waals surface area contributed by atoms with E-state index >= 15 is 0 Å². The van der Waals surface area contributed by atoms with E-state index in [9.17, 15) is 14.7 Å². The summed E-state index contributed by atoms with van der Waals surface area (Å²) < 4.78 is 16.6. The SMILES string of the molecule is CCC(=O)N1CCN(c2nc(NC3COC3)cc(C(=O)CC[C@H](O)CN3CCc4cc(OCc5ocnc5C)ccc4C3)n2)CC1. The molecule has 2 saturated heterocycles. The zero-order chi connectivity index (χ0) is 32.0. The van der Waals surface area contributed by atoms with Gasteiger partial charge in [0.1, 0.15) is 23.9 Å². The number of aliphatic hydroxyl groups is 1. The number of hydrogen-bond donors (Lipinski definition) is 2. The molecule has 2 fully saturated rings. The molecule has 2 aromatic heterocycles. The molecule has 0 aliphatic carbocycles. The largest absolute Gasteiger partial charge is 0.486 e. The van der Waals surface area contributed by atoms with Gasteiger partial charge in [-0.1, -0.05) is 13.0 Å². The van der Waals surface area contributed by atoms with Crippen LogP contribution < -0.4 is 15.0 Å². The molecule has 1 aromatic carbocycles. The molecule has 2 N–H and O–H groups in total. The molecular formula is C33H43N7O6. The molecule has 3 aliphatic heterocycles. The fraction of sp³-hybridized carbons (Fsp3) is 0.545. The van der Waals surface area contributed by atoms with E-state index in [2.05, 4.69) is 32.3 Å². The number of piperazine rings is 1. The molecular weight excluding hydrogens is 590 g/mol. The third kappa shape index (κ3) is 7.83. The molecule has 46 heavy (non-hydrogen) atoms. The first-order chi connectivity index (χ1) is 22.3. The second kappa shape index (κ2) is 14.6. The number of carbonyl (C=O) groups is 2. The maximum Gasteiger partial charge on any atom is 0.228 e. The van der Waals surface area contributed by atoms with Gasteiger partial charge in [-0.2, -0.15) is 4.98 Å². The number of nitrogens with one attached hydrogen (secondary N) is 1. The van der Waals surface area contributed by atoms with Crippen molar-refractivity contribution in [3.8, 4) is 5.75 Å². The van der Waals surface area contributed by atoms with Crippen LogP contribution in [-0.4, -0.2) is 106 Å². The number of rotatable bonds is 13. The van der Waals surface area contributed by atoms with Gasteiger partial charge in [0.2, 0.25) is 11.9 Å². The van der Waals surface area contributed by atoms with Gasteiger partial charge in [-0.15, -0.1) is 0 Å². The smallest absolute Gasteiger partial charge is 0.228 e. The Morgan fingerprint density at radius 2 is 1.93 bits per heavy atom. The fourth-order valence-corrected chi connectivity index (χ4v) is 5.96. The Kier molecular flexibility index (Phi) is 10.1. The molecule has 246 valence electrons. The van der Waals surface area contributed by atoms with Crippen LogP contribution in [0.4, 0.5) is 11.8 Å². The molecule has 0 saturated carbocycles. The summed E-state index contributed by atoms with van der Waals surface area (Å²) >= 11 is 0. The molecule has 1 atom stereocenters. The van der Waals surface area contributed by atoms with Crippen LogP contribution in [-0.2, 0) is 29.1 Å². The van der Waals surface area contributed by atoms with Crippen molar-refractivity contribution in [1.29, 1.82) is 0 Å². The lowest BCUT2D eigenvalue weighted by atomic mass is 9.98. The number of ether oxygens (including phenoxy) is 2. The first-order valence-corrected chi connectivity index (χ1v) is 16.2. The van der Waals surface area contributed by atoms with E-state index in [1.54, 1.807) is 6.07 Å². The van der Waals surface area contributed by atoms with Crippen LogP contribution in [0, 0.1) is 6.92 Å². The average molecular weight is 634 g/mol. The Morgan fingerprint density at radius 1 is 1.11 bits per heavy atom. The van der Waals surface area contributed by atoms with E-state index in [4.69, 9.17) is 18.9 Å². The standard InChI is InChI=1S/C33H43N7O6/c1-3-32(43)39-10-12-40(13-11-39)33-36-28(15-31(37-33)35-25-18-44-19-25)29(42)7-5-26(41)17-38-9-8-23-14-27(6-4-24(23)16-38)45-20-30-22(2)34-21-46-30/h4,6,14-15,21,25-26,41H,3,5,7-13,16-20H2,1-2H3,(H,35,36,37)/t26-/m0/s1. The lowest BCUT2D eigenvalue weighted by Gasteiger charge is -2.35. The van der Waals surface area contributed by atoms with Gasteiger partial charge in [-0.25, -0.2) is 9.97 Å². The minimum Gasteiger partial charge on any atom is -0.486 e. The molecule has 3 aliphatic rings. The van der Waals surface area contributed by atoms with Gasteiger partial charge in [0.15, 0.2) is 17.9 Å². The number of nitrogens with zero attached hydrogens (tertiary/aromatic N) is 6. The van der Waals surface area contributed by atoms with E-state index in [0.717, 1.165) is 36.7 Å². The zero-order valence-electron chi connectivity index (χ0n) is 26.6. The molecule has 0 unspecified atom stereocenters. The number of aliphatic hydroxyl groups excluding tert-OH is 1. The predicted molar refractivity (Wildman–Crippen MR) is 170 cm³/mol. The highest BCUT2D eigenvalue weighted by atomic mass is 16.5. The quantitative estimate of drug-likeness (QED) is 0.267. The molecule has 0 spiro atoms. The van der Waals surface area contributed by atoms with Gasteiger partial charge in [-0.05, 0) is 43.0 Å². The minimum absolute atomic E-state index is 0.132. The number of Topliss-reactive ketones (excluding diaryl/α,β-unsaturated/α-hetero) is 1. The molecule has 6 rings (SSSR count). The van der Waals surface area contributed by atoms with Crippen molar-refractivity contribution in [1.82, 2.24) is 24.8 Å². The Balaban J connectivity index is 1.02. The summed E-state index contributed by atoms with van der Waals surface area (Å²) in [6.07, 6.45) is 2.64. The highest BCUT2D eigenvalue weighted by Gasteiger charge is 2.26. The summed E-state index contributed by atoms with van der Waals surface area (Å²) in [6.45, 7) is 9.70. The van der Waals surface area contributed by atoms with Crippen LogP contribution in [0.1, 0.15) is 59.3 Å². The van der Waals surface area contributed by atoms with Crippen LogP contribution in [0.15, 0.2) is 35.1 Å². The van der Waals surface area contributed by atoms with E-state index < -0.39 is 6.10 Å². The van der Waals surface area contributed by atoms with Crippen molar-refractivity contribution >= 4 is 23.5 Å². The number of amides is 1. The summed E-state index contributed by atoms with van der Waals surface area (Å²) in [6, 6.07) is 7.96. The number of aromatic nitrogens is 3. The van der Waals surface area contributed by atoms with Crippen molar-refractivity contribution in [2.75, 3.05) is 62.7 Å². The molecule has 0 bridgehead atoms. The van der Waals surface area contributed by atoms with Crippen LogP contribution in [0.25, 0.3) is 0 Å². The number of anilines is 2. The van der Waals surface area contributed by atoms with Crippen LogP contribution in [0.2, 0.25) is 0 Å². The Labute approximate surface area is 268 Å². The first kappa shape index (κ1) is 31.9. The molecule has 1 amide bonds. The number of aryl methyl sites for hydroxylation is 1. The van der Waals surface area contributed by atoms with Gasteiger partial charge >= 0.3 is 0 Å². The number of fused-ring (bicyclic) bond motifs is 1. The summed E-state index contributed by atoms with van der Waals surface area (Å²) in [5.74, 6) is 2.58. The number of β-amino-alcohol motifs (C(OH)–C–C–N with tert-alkyl or cyclic N) is 1. The maximum atomic E-state index is 13.4. The highest BCUT2D eigenvalue weighted by molar-refractivity contribution is 5.95. The topological polar surface area (TPSA) is 146 Å². The van der Waals surface area contributed by atoms with E-state index in [1.165, 1.54) is 17.5 Å². The number of hydrogen-bond acceptors (Lipinski definition) is 12. The Morgan fingerprint density at radius 3 is 2.65 bits per heavy atom. The second-order valence-electron chi connectivity index (χ2n) is 12.2. The van der Waals surface area contributed by atoms with Crippen molar-refractivity contribution in [3.63, 3.8) is 0 Å². The van der Waals surface area contributed by atoms with Gasteiger partial charge in [0.25, 0.3) is 0 Å². The molecule has 3 aromatic rings. The summed E-state index contributed by atoms with van der Waals surface area (Å²) in [7, 11) is 0. The summed E-state index contributed by atoms with van der Waals surface area (Å²) in [5.41, 5.74) is 3.61. The van der Waals surface area contributed by atoms with E-state index in [0.29, 0.717) is 82.8 Å². The fourth-order valence-electron chi connectivity index (χ4n) is 5.96. The number of ketones is 1. The van der Waals surface area contributed by atoms with Crippen molar-refractivity contribution < 1.29 is 28.6 Å². The second-order valence-corrected chi connectivity index (χ2v) is 12.2. The van der Waals surface area contributed by atoms with E-state index in [1.807, 2.05) is 29.7 Å². The average Bonchev–Trinajstić information content (AvgIpc) is 3.48. The summed E-state index contributed by atoms with van der Waals surface area (Å²) in [4.78, 5) is 45.0. The molecule has 0 radical (unpaired) electrons. The number of benzene rings is 1. The Hall–Kier alpha value is -4.07. The monoisotopic (exact) mass is 633 g/mol. The van der Waals surface area contributed by atoms with Crippen LogP contribution >= 0.6 is 0 Å². The summed E-state index contributed by atoms with van der Waals surface area (Å²) in [5, 5.41) is 14.3.